The molecule has 9 rings (SSSR count). The van der Waals surface area contributed by atoms with Crippen molar-refractivity contribution in [2.24, 2.45) is 50.2 Å². The normalized spacial score (nSPS) is 58.0. The molecule has 372 valence electrons. The maximum atomic E-state index is 12.2. The summed E-state index contributed by atoms with van der Waals surface area (Å²) in [5.41, 5.74) is -1.61. The van der Waals surface area contributed by atoms with Crippen LogP contribution in [0.4, 0.5) is 0 Å². The number of aliphatic hydroxyl groups is 10. The Morgan fingerprint density at radius 3 is 1.98 bits per heavy atom. The molecule has 17 heteroatoms. The number of aliphatic hydroxyl groups excluding tert-OH is 10. The first kappa shape index (κ1) is 49.1. The lowest BCUT2D eigenvalue weighted by Crippen LogP contribution is -2.72. The van der Waals surface area contributed by atoms with Gasteiger partial charge in [0.25, 0.3) is 0 Å². The molecule has 5 aliphatic carbocycles. The standard InChI is InChI=1S/C48H78O17/c1-22-30(51)32(53)36(57)40(61-22)65-38-24(20-59-39-35(56)33(54)31(52)23(19-49)62-39)63-41(37(58)34(38)55)64-29-11-12-44(6)25(43(29,4)5)9-13-45(7)26(44)10-14-48-27-17-42(2,3)15-16-47(27,21-60-48)28(50)18-46(45,48)8/h10,14,22-41,49-58H,9,11-13,15-21H2,1-8H3/t22-,23+,24+,25-,26+,27+,28-,29-,30-,31+,32+,33-,34+,35+,36+,37+,38+,39+,40-,41-,44-,45+,46-,47+,48+/m0/s1. The number of hydrogen-bond acceptors (Lipinski definition) is 17. The second-order valence-electron chi connectivity index (χ2n) is 24.0. The highest BCUT2D eigenvalue weighted by atomic mass is 16.8. The first-order valence-corrected chi connectivity index (χ1v) is 24.3. The van der Waals surface area contributed by atoms with Crippen molar-refractivity contribution < 1.29 is 84.2 Å². The third-order valence-electron chi connectivity index (χ3n) is 19.9. The van der Waals surface area contributed by atoms with Gasteiger partial charge in [-0.1, -0.05) is 60.6 Å². The molecular weight excluding hydrogens is 849 g/mol. The summed E-state index contributed by atoms with van der Waals surface area (Å²) in [6.07, 6.45) is -12.0. The van der Waals surface area contributed by atoms with E-state index in [4.69, 9.17) is 33.2 Å². The minimum Gasteiger partial charge on any atom is -0.394 e. The van der Waals surface area contributed by atoms with Gasteiger partial charge in [-0.2, -0.15) is 0 Å². The summed E-state index contributed by atoms with van der Waals surface area (Å²) in [5.74, 6) is 0.593. The summed E-state index contributed by atoms with van der Waals surface area (Å²) in [4.78, 5) is 0. The van der Waals surface area contributed by atoms with Gasteiger partial charge in [0.15, 0.2) is 18.9 Å². The summed E-state index contributed by atoms with van der Waals surface area (Å²) >= 11 is 0. The smallest absolute Gasteiger partial charge is 0.187 e. The monoisotopic (exact) mass is 927 g/mol. The Balaban J connectivity index is 0.958. The molecule has 4 saturated heterocycles. The molecule has 0 unspecified atom stereocenters. The van der Waals surface area contributed by atoms with Crippen LogP contribution >= 0.6 is 0 Å². The highest BCUT2D eigenvalue weighted by Gasteiger charge is 2.79. The third kappa shape index (κ3) is 7.09. The van der Waals surface area contributed by atoms with Gasteiger partial charge in [0.05, 0.1) is 43.7 Å². The van der Waals surface area contributed by atoms with E-state index in [9.17, 15) is 51.1 Å². The number of ether oxygens (including phenoxy) is 7. The maximum absolute atomic E-state index is 12.2. The molecule has 4 saturated carbocycles. The van der Waals surface area contributed by atoms with E-state index in [0.717, 1.165) is 38.5 Å². The Labute approximate surface area is 382 Å². The summed E-state index contributed by atoms with van der Waals surface area (Å²) in [6.45, 7) is 17.2. The fraction of sp³-hybridized carbons (Fsp3) is 0.958. The summed E-state index contributed by atoms with van der Waals surface area (Å²) in [5, 5.41) is 109. The second-order valence-corrected chi connectivity index (χ2v) is 24.0. The third-order valence-corrected chi connectivity index (χ3v) is 19.9. The lowest BCUT2D eigenvalue weighted by atomic mass is 9.32. The van der Waals surface area contributed by atoms with Crippen LogP contribution in [-0.2, 0) is 33.2 Å². The van der Waals surface area contributed by atoms with Crippen molar-refractivity contribution in [3.8, 4) is 0 Å². The number of rotatable bonds is 8. The summed E-state index contributed by atoms with van der Waals surface area (Å²) in [7, 11) is 0. The molecule has 0 aromatic rings. The molecule has 9 aliphatic rings. The zero-order valence-corrected chi connectivity index (χ0v) is 39.3. The molecule has 17 nitrogen and oxygen atoms in total. The fourth-order valence-corrected chi connectivity index (χ4v) is 15.7. The van der Waals surface area contributed by atoms with Crippen molar-refractivity contribution >= 4 is 0 Å². The number of hydrogen-bond donors (Lipinski definition) is 10. The van der Waals surface area contributed by atoms with Crippen molar-refractivity contribution in [3.63, 3.8) is 0 Å². The van der Waals surface area contributed by atoms with E-state index < -0.39 is 129 Å². The minimum atomic E-state index is -1.75. The highest BCUT2D eigenvalue weighted by Crippen LogP contribution is 2.79. The van der Waals surface area contributed by atoms with Gasteiger partial charge in [0.1, 0.15) is 67.1 Å². The molecule has 2 bridgehead atoms. The predicted octanol–water partition coefficient (Wildman–Crippen LogP) is 0.629. The Hall–Kier alpha value is -0.940. The van der Waals surface area contributed by atoms with E-state index >= 15 is 0 Å². The highest BCUT2D eigenvalue weighted by molar-refractivity contribution is 5.36. The summed E-state index contributed by atoms with van der Waals surface area (Å²) in [6, 6.07) is 0. The average Bonchev–Trinajstić information content (AvgIpc) is 3.52. The Morgan fingerprint density at radius 2 is 1.28 bits per heavy atom. The van der Waals surface area contributed by atoms with E-state index in [1.165, 1.54) is 6.92 Å². The molecule has 8 fully saturated rings. The SMILES string of the molecule is C[C@@H]1O[C@@H](O[C@H]2[C@H](O)[C@@H](O)[C@H](O[C@H]3CC[C@]4(C)[C@H]5C=C[C@@]67OC[C@@]8(CCC(C)(C)C[C@H]86)[C@@H](O)C[C@@]7(C)[C@]5(C)CC[C@H]4C3(C)C)O[C@@H]2CO[C@@H]2O[C@H](CO)[C@@H](O)[C@H](O)[C@H]2O)[C@H](O)[C@H](O)[C@H]1O. The maximum Gasteiger partial charge on any atom is 0.187 e. The Morgan fingerprint density at radius 1 is 0.631 bits per heavy atom. The van der Waals surface area contributed by atoms with E-state index in [1.807, 2.05) is 0 Å². The topological polar surface area (TPSA) is 267 Å². The first-order chi connectivity index (χ1) is 30.3. The van der Waals surface area contributed by atoms with Crippen LogP contribution < -0.4 is 0 Å². The van der Waals surface area contributed by atoms with Gasteiger partial charge in [-0.3, -0.25) is 0 Å². The van der Waals surface area contributed by atoms with E-state index in [2.05, 4.69) is 60.6 Å². The molecule has 0 aromatic carbocycles. The first-order valence-electron chi connectivity index (χ1n) is 24.3. The molecule has 0 radical (unpaired) electrons. The van der Waals surface area contributed by atoms with Crippen molar-refractivity contribution in [2.45, 2.75) is 217 Å². The molecule has 0 amide bonds. The second kappa shape index (κ2) is 16.6. The summed E-state index contributed by atoms with van der Waals surface area (Å²) < 4.78 is 43.5. The molecule has 10 N–H and O–H groups in total. The van der Waals surface area contributed by atoms with Crippen LogP contribution in [0.1, 0.15) is 107 Å². The van der Waals surface area contributed by atoms with Gasteiger partial charge in [-0.05, 0) is 91.8 Å². The minimum absolute atomic E-state index is 0.163. The van der Waals surface area contributed by atoms with E-state index in [1.54, 1.807) is 0 Å². The molecular formula is C48H78O17. The quantitative estimate of drug-likeness (QED) is 0.118. The Bertz CT molecular complexity index is 1780. The van der Waals surface area contributed by atoms with Gasteiger partial charge in [-0.25, -0.2) is 0 Å². The van der Waals surface area contributed by atoms with Gasteiger partial charge < -0.3 is 84.2 Å². The van der Waals surface area contributed by atoms with Gasteiger partial charge >= 0.3 is 0 Å². The van der Waals surface area contributed by atoms with Crippen LogP contribution in [0.25, 0.3) is 0 Å². The van der Waals surface area contributed by atoms with Gasteiger partial charge in [-0.15, -0.1) is 0 Å². The van der Waals surface area contributed by atoms with Crippen LogP contribution in [0.2, 0.25) is 0 Å². The lowest BCUT2D eigenvalue weighted by Gasteiger charge is -2.73. The molecule has 65 heavy (non-hydrogen) atoms. The van der Waals surface area contributed by atoms with Crippen molar-refractivity contribution in [1.82, 2.24) is 0 Å². The average molecular weight is 927 g/mol. The van der Waals surface area contributed by atoms with Crippen LogP contribution in [0.15, 0.2) is 12.2 Å². The molecule has 1 spiro atoms. The van der Waals surface area contributed by atoms with Crippen LogP contribution in [-0.4, -0.2) is 181 Å². The van der Waals surface area contributed by atoms with Crippen LogP contribution in [0, 0.1) is 50.2 Å². The van der Waals surface area contributed by atoms with Crippen molar-refractivity contribution in [2.75, 3.05) is 19.8 Å². The van der Waals surface area contributed by atoms with Crippen LogP contribution in [0.3, 0.4) is 0 Å². The van der Waals surface area contributed by atoms with E-state index in [0.29, 0.717) is 19.4 Å². The molecule has 4 heterocycles. The Kier molecular flexibility index (Phi) is 12.5. The largest absolute Gasteiger partial charge is 0.394 e. The lowest BCUT2D eigenvalue weighted by molar-refractivity contribution is -0.374. The van der Waals surface area contributed by atoms with E-state index in [-0.39, 0.29) is 44.8 Å². The molecule has 25 atom stereocenters. The molecule has 0 aromatic heterocycles. The number of allylic oxidation sites excluding steroid dienone is 1. The molecule has 4 aliphatic heterocycles. The van der Waals surface area contributed by atoms with Gasteiger partial charge in [0, 0.05) is 16.7 Å². The number of fused-ring (bicyclic) bond motifs is 4. The zero-order valence-electron chi connectivity index (χ0n) is 39.3. The van der Waals surface area contributed by atoms with Crippen molar-refractivity contribution in [1.29, 1.82) is 0 Å². The van der Waals surface area contributed by atoms with Gasteiger partial charge in [0.2, 0.25) is 0 Å². The van der Waals surface area contributed by atoms with Crippen LogP contribution in [0.5, 0.6) is 0 Å². The predicted molar refractivity (Wildman–Crippen MR) is 228 cm³/mol. The van der Waals surface area contributed by atoms with Crippen molar-refractivity contribution in [3.05, 3.63) is 12.2 Å². The fourth-order valence-electron chi connectivity index (χ4n) is 15.7. The zero-order chi connectivity index (χ0) is 47.2.